The van der Waals surface area contributed by atoms with Gasteiger partial charge in [0, 0.05) is 22.6 Å². The predicted octanol–water partition coefficient (Wildman–Crippen LogP) is 4.79. The summed E-state index contributed by atoms with van der Waals surface area (Å²) in [6.07, 6.45) is 1.50. The van der Waals surface area contributed by atoms with Crippen LogP contribution in [-0.4, -0.2) is 20.7 Å². The second kappa shape index (κ2) is 6.07. The summed E-state index contributed by atoms with van der Waals surface area (Å²) in [6, 6.07) is 5.05. The molecule has 5 nitrogen and oxygen atoms in total. The van der Waals surface area contributed by atoms with Crippen molar-refractivity contribution in [1.29, 1.82) is 0 Å². The maximum absolute atomic E-state index is 13.3. The number of hydrogen-bond donors (Lipinski definition) is 1. The monoisotopic (exact) mass is 364 g/mol. The number of pyridine rings is 1. The highest BCUT2D eigenvalue weighted by Gasteiger charge is 2.26. The van der Waals surface area contributed by atoms with Crippen LogP contribution in [0.15, 0.2) is 30.5 Å². The van der Waals surface area contributed by atoms with E-state index in [1.54, 1.807) is 26.8 Å². The molecule has 130 valence electrons. The third-order valence-electron chi connectivity index (χ3n) is 3.53. The number of benzene rings is 1. The van der Waals surface area contributed by atoms with Crippen molar-refractivity contribution in [1.82, 2.24) is 14.8 Å². The molecule has 0 radical (unpaired) electrons. The summed E-state index contributed by atoms with van der Waals surface area (Å²) in [5, 5.41) is 7.64. The number of nitrogens with one attached hydrogen (secondary N) is 1. The largest absolute Gasteiger partial charge is 0.353 e. The number of aromatic nitrogens is 3. The Morgan fingerprint density at radius 1 is 1.20 bits per heavy atom. The molecule has 3 aromatic rings. The van der Waals surface area contributed by atoms with E-state index in [2.05, 4.69) is 15.4 Å². The van der Waals surface area contributed by atoms with Gasteiger partial charge in [0.25, 0.3) is 5.91 Å². The second-order valence-electron chi connectivity index (χ2n) is 6.60. The Bertz CT molecular complexity index is 979. The molecule has 0 fully saturated rings. The smallest absolute Gasteiger partial charge is 0.254 e. The van der Waals surface area contributed by atoms with Gasteiger partial charge in [-0.05, 0) is 18.2 Å². The van der Waals surface area contributed by atoms with Gasteiger partial charge in [-0.25, -0.2) is 13.8 Å². The van der Waals surface area contributed by atoms with Gasteiger partial charge < -0.3 is 5.32 Å². The van der Waals surface area contributed by atoms with E-state index < -0.39 is 17.0 Å². The number of hydrogen-bond acceptors (Lipinski definition) is 4. The Hall–Kier alpha value is -2.54. The number of anilines is 2. The number of carbonyl (C=O) groups excluding carboxylic acids is 1. The van der Waals surface area contributed by atoms with Crippen molar-refractivity contribution in [3.8, 4) is 0 Å². The van der Waals surface area contributed by atoms with E-state index in [1.807, 2.05) is 0 Å². The molecule has 0 aliphatic rings. The minimum Gasteiger partial charge on any atom is -0.353 e. The van der Waals surface area contributed by atoms with Crippen LogP contribution in [0.4, 0.5) is 20.2 Å². The van der Waals surface area contributed by atoms with Crippen molar-refractivity contribution in [3.05, 3.63) is 47.2 Å². The molecule has 0 aliphatic carbocycles. The topological polar surface area (TPSA) is 59.8 Å². The highest BCUT2D eigenvalue weighted by molar-refractivity contribution is 6.32. The Kier molecular flexibility index (Phi) is 4.20. The summed E-state index contributed by atoms with van der Waals surface area (Å²) in [7, 11) is 0. The van der Waals surface area contributed by atoms with Crippen LogP contribution in [0.3, 0.4) is 0 Å². The fourth-order valence-corrected chi connectivity index (χ4v) is 2.40. The molecule has 8 heteroatoms. The van der Waals surface area contributed by atoms with E-state index in [4.69, 9.17) is 11.6 Å². The summed E-state index contributed by atoms with van der Waals surface area (Å²) >= 11 is 6.18. The lowest BCUT2D eigenvalue weighted by atomic mass is 9.96. The van der Waals surface area contributed by atoms with Crippen LogP contribution in [0.1, 0.15) is 25.6 Å². The van der Waals surface area contributed by atoms with Gasteiger partial charge in [-0.1, -0.05) is 32.4 Å². The maximum atomic E-state index is 13.3. The van der Waals surface area contributed by atoms with Crippen LogP contribution in [0.25, 0.3) is 11.0 Å². The van der Waals surface area contributed by atoms with Gasteiger partial charge in [-0.2, -0.15) is 9.78 Å². The first-order valence-corrected chi connectivity index (χ1v) is 7.86. The predicted molar refractivity (Wildman–Crippen MR) is 92.3 cm³/mol. The average molecular weight is 365 g/mol. The Balaban J connectivity index is 2.00. The SMILES string of the molecule is CC(C)(C)C(=O)n1ncc2cc(Nc3ccc(F)c(F)c3)c(Cl)nc21. The summed E-state index contributed by atoms with van der Waals surface area (Å²) in [6.45, 7) is 5.34. The molecule has 0 amide bonds. The second-order valence-corrected chi connectivity index (χ2v) is 6.96. The molecule has 0 unspecified atom stereocenters. The van der Waals surface area contributed by atoms with Gasteiger partial charge >= 0.3 is 0 Å². The number of fused-ring (bicyclic) bond motifs is 1. The fraction of sp³-hybridized carbons (Fsp3) is 0.235. The minimum atomic E-state index is -0.973. The van der Waals surface area contributed by atoms with Gasteiger partial charge in [0.2, 0.25) is 0 Å². The Morgan fingerprint density at radius 2 is 1.92 bits per heavy atom. The molecule has 0 spiro atoms. The lowest BCUT2D eigenvalue weighted by Crippen LogP contribution is -2.27. The molecule has 25 heavy (non-hydrogen) atoms. The number of carbonyl (C=O) groups is 1. The molecule has 1 N–H and O–H groups in total. The van der Waals surface area contributed by atoms with E-state index in [0.717, 1.165) is 12.1 Å². The third kappa shape index (κ3) is 3.32. The van der Waals surface area contributed by atoms with E-state index >= 15 is 0 Å². The lowest BCUT2D eigenvalue weighted by Gasteiger charge is -2.16. The van der Waals surface area contributed by atoms with Crippen molar-refractivity contribution in [2.75, 3.05) is 5.32 Å². The van der Waals surface area contributed by atoms with Crippen molar-refractivity contribution < 1.29 is 13.6 Å². The molecule has 0 saturated carbocycles. The van der Waals surface area contributed by atoms with Gasteiger partial charge in [-0.3, -0.25) is 4.79 Å². The Labute approximate surface area is 147 Å². The number of halogens is 3. The molecule has 0 saturated heterocycles. The standard InChI is InChI=1S/C17H15ClF2N4O/c1-17(2,3)16(25)24-15-9(8-21-24)6-13(14(18)23-15)22-10-4-5-11(19)12(20)7-10/h4-8,22H,1-3H3. The van der Waals surface area contributed by atoms with Gasteiger partial charge in [-0.15, -0.1) is 0 Å². The summed E-state index contributed by atoms with van der Waals surface area (Å²) < 4.78 is 27.6. The highest BCUT2D eigenvalue weighted by Crippen LogP contribution is 2.29. The molecule has 1 aromatic carbocycles. The zero-order valence-electron chi connectivity index (χ0n) is 13.8. The molecule has 2 aromatic heterocycles. The van der Waals surface area contributed by atoms with Crippen LogP contribution < -0.4 is 5.32 Å². The zero-order valence-corrected chi connectivity index (χ0v) is 14.5. The van der Waals surface area contributed by atoms with Gasteiger partial charge in [0.05, 0.1) is 11.9 Å². The summed E-state index contributed by atoms with van der Waals surface area (Å²) in [5.41, 5.74) is 0.416. The van der Waals surface area contributed by atoms with Crippen molar-refractivity contribution >= 4 is 39.9 Å². The normalized spacial score (nSPS) is 11.8. The van der Waals surface area contributed by atoms with Crippen LogP contribution in [-0.2, 0) is 0 Å². The van der Waals surface area contributed by atoms with Crippen molar-refractivity contribution in [3.63, 3.8) is 0 Å². The minimum absolute atomic E-state index is 0.0840. The van der Waals surface area contributed by atoms with Crippen LogP contribution >= 0.6 is 11.6 Å². The number of nitrogens with zero attached hydrogens (tertiary/aromatic N) is 3. The molecular weight excluding hydrogens is 350 g/mol. The van der Waals surface area contributed by atoms with Gasteiger partial charge in [0.15, 0.2) is 22.4 Å². The lowest BCUT2D eigenvalue weighted by molar-refractivity contribution is 0.0754. The van der Waals surface area contributed by atoms with Gasteiger partial charge in [0.1, 0.15) is 0 Å². The molecule has 0 bridgehead atoms. The van der Waals surface area contributed by atoms with E-state index in [1.165, 1.54) is 16.9 Å². The van der Waals surface area contributed by atoms with E-state index in [0.29, 0.717) is 22.4 Å². The van der Waals surface area contributed by atoms with Crippen LogP contribution in [0.5, 0.6) is 0 Å². The van der Waals surface area contributed by atoms with Crippen molar-refractivity contribution in [2.45, 2.75) is 20.8 Å². The molecular formula is C17H15ClF2N4O. The summed E-state index contributed by atoms with van der Waals surface area (Å²) in [4.78, 5) is 16.6. The fourth-order valence-electron chi connectivity index (χ4n) is 2.22. The molecule has 3 rings (SSSR count). The van der Waals surface area contributed by atoms with E-state index in [-0.39, 0.29) is 11.1 Å². The Morgan fingerprint density at radius 3 is 2.56 bits per heavy atom. The first-order valence-electron chi connectivity index (χ1n) is 7.48. The quantitative estimate of drug-likeness (QED) is 0.664. The van der Waals surface area contributed by atoms with Crippen LogP contribution in [0, 0.1) is 17.0 Å². The third-order valence-corrected chi connectivity index (χ3v) is 3.82. The van der Waals surface area contributed by atoms with Crippen molar-refractivity contribution in [2.24, 2.45) is 5.41 Å². The van der Waals surface area contributed by atoms with Crippen LogP contribution in [0.2, 0.25) is 5.15 Å². The molecule has 0 atom stereocenters. The summed E-state index contributed by atoms with van der Waals surface area (Å²) in [5.74, 6) is -2.13. The number of rotatable bonds is 2. The highest BCUT2D eigenvalue weighted by atomic mass is 35.5. The zero-order chi connectivity index (χ0) is 18.4. The average Bonchev–Trinajstić information content (AvgIpc) is 2.92. The maximum Gasteiger partial charge on any atom is 0.254 e. The molecule has 0 aliphatic heterocycles. The molecule has 2 heterocycles. The first-order chi connectivity index (χ1) is 11.7. The van der Waals surface area contributed by atoms with E-state index in [9.17, 15) is 13.6 Å². The first kappa shape index (κ1) is 17.3.